The van der Waals surface area contributed by atoms with Crippen molar-refractivity contribution >= 4 is 23.5 Å². The second-order valence-corrected chi connectivity index (χ2v) is 7.75. The number of carbonyl (C=O) groups is 2. The largest absolute Gasteiger partial charge is 0.478 e. The molecular formula is C24H28ClNO4. The summed E-state index contributed by atoms with van der Waals surface area (Å²) in [4.78, 5) is 27.3. The second-order valence-electron chi connectivity index (χ2n) is 7.34. The van der Waals surface area contributed by atoms with Crippen molar-refractivity contribution in [1.82, 2.24) is 4.90 Å². The van der Waals surface area contributed by atoms with Gasteiger partial charge in [-0.3, -0.25) is 4.79 Å². The third-order valence-corrected chi connectivity index (χ3v) is 5.54. The van der Waals surface area contributed by atoms with E-state index in [9.17, 15) is 19.8 Å². The highest BCUT2D eigenvalue weighted by Crippen LogP contribution is 2.32. The zero-order chi connectivity index (χ0) is 22.3. The molecule has 1 aromatic carbocycles. The molecule has 1 aromatic rings. The Morgan fingerprint density at radius 3 is 2.40 bits per heavy atom. The molecule has 2 N–H and O–H groups in total. The molecule has 0 aromatic heterocycles. The van der Waals surface area contributed by atoms with Crippen molar-refractivity contribution in [1.29, 1.82) is 0 Å². The predicted octanol–water partition coefficient (Wildman–Crippen LogP) is 4.80. The normalized spacial score (nSPS) is 20.0. The number of aliphatic hydroxyl groups excluding tert-OH is 1. The number of hydrogen-bond donors (Lipinski definition) is 2. The summed E-state index contributed by atoms with van der Waals surface area (Å²) < 4.78 is 0. The molecule has 0 unspecified atom stereocenters. The van der Waals surface area contributed by atoms with Gasteiger partial charge in [0.15, 0.2) is 0 Å². The summed E-state index contributed by atoms with van der Waals surface area (Å²) in [6, 6.07) is 6.51. The molecule has 1 fully saturated rings. The first-order valence-electron chi connectivity index (χ1n) is 10.1. The fraction of sp³-hybridized carbons (Fsp3) is 0.417. The van der Waals surface area contributed by atoms with Crippen LogP contribution in [0.3, 0.4) is 0 Å². The highest BCUT2D eigenvalue weighted by atomic mass is 35.5. The van der Waals surface area contributed by atoms with Crippen molar-refractivity contribution in [3.05, 3.63) is 57.8 Å². The van der Waals surface area contributed by atoms with E-state index in [1.807, 2.05) is 0 Å². The number of nitrogens with zero attached hydrogens (tertiary/aromatic N) is 1. The second kappa shape index (κ2) is 11.0. The first kappa shape index (κ1) is 23.7. The molecule has 0 heterocycles. The van der Waals surface area contributed by atoms with Crippen LogP contribution in [0.2, 0.25) is 5.02 Å². The van der Waals surface area contributed by atoms with Gasteiger partial charge < -0.3 is 15.1 Å². The zero-order valence-electron chi connectivity index (χ0n) is 17.6. The number of carboxylic acid groups (broad SMARTS) is 1. The van der Waals surface area contributed by atoms with E-state index in [1.54, 1.807) is 56.0 Å². The summed E-state index contributed by atoms with van der Waals surface area (Å²) in [5.41, 5.74) is 1.44. The Balaban J connectivity index is 2.70. The van der Waals surface area contributed by atoms with Gasteiger partial charge in [-0.25, -0.2) is 4.79 Å². The Kier molecular flexibility index (Phi) is 8.71. The van der Waals surface area contributed by atoms with Gasteiger partial charge in [-0.1, -0.05) is 36.6 Å². The molecule has 160 valence electrons. The van der Waals surface area contributed by atoms with E-state index in [2.05, 4.69) is 11.8 Å². The van der Waals surface area contributed by atoms with Crippen molar-refractivity contribution in [2.24, 2.45) is 0 Å². The molecule has 2 rings (SSSR count). The summed E-state index contributed by atoms with van der Waals surface area (Å²) in [5, 5.41) is 20.1. The fourth-order valence-electron chi connectivity index (χ4n) is 3.74. The van der Waals surface area contributed by atoms with Gasteiger partial charge in [-0.2, -0.15) is 0 Å². The Hall–Kier alpha value is -2.55. The Bertz CT molecular complexity index is 915. The lowest BCUT2D eigenvalue weighted by atomic mass is 9.90. The van der Waals surface area contributed by atoms with Gasteiger partial charge in [0, 0.05) is 11.6 Å². The average Bonchev–Trinajstić information content (AvgIpc) is 2.70. The number of allylic oxidation sites excluding steroid dienone is 2. The number of rotatable bonds is 6. The van der Waals surface area contributed by atoms with Gasteiger partial charge in [-0.15, -0.1) is 5.92 Å². The van der Waals surface area contributed by atoms with Crippen LogP contribution in [0, 0.1) is 11.8 Å². The van der Waals surface area contributed by atoms with E-state index in [0.717, 1.165) is 0 Å². The summed E-state index contributed by atoms with van der Waals surface area (Å²) in [7, 11) is 0. The van der Waals surface area contributed by atoms with Crippen molar-refractivity contribution < 1.29 is 19.8 Å². The number of amides is 1. The van der Waals surface area contributed by atoms with Crippen molar-refractivity contribution in [2.45, 2.75) is 65.0 Å². The Morgan fingerprint density at radius 1 is 1.23 bits per heavy atom. The van der Waals surface area contributed by atoms with Gasteiger partial charge in [0.05, 0.1) is 28.0 Å². The first-order valence-corrected chi connectivity index (χ1v) is 10.5. The van der Waals surface area contributed by atoms with Crippen LogP contribution in [-0.4, -0.2) is 39.1 Å². The zero-order valence-corrected chi connectivity index (χ0v) is 18.4. The van der Waals surface area contributed by atoms with Crippen LogP contribution in [0.5, 0.6) is 0 Å². The third kappa shape index (κ3) is 5.75. The molecular weight excluding hydrogens is 402 g/mol. The van der Waals surface area contributed by atoms with Crippen LogP contribution >= 0.6 is 11.6 Å². The van der Waals surface area contributed by atoms with E-state index in [-0.39, 0.29) is 23.9 Å². The Labute approximate surface area is 183 Å². The maximum atomic E-state index is 13.7. The molecule has 1 amide bonds. The minimum Gasteiger partial charge on any atom is -0.478 e. The molecule has 0 spiro atoms. The van der Waals surface area contributed by atoms with E-state index in [4.69, 9.17) is 11.6 Å². The summed E-state index contributed by atoms with van der Waals surface area (Å²) in [5.74, 6) is 4.31. The maximum absolute atomic E-state index is 13.7. The topological polar surface area (TPSA) is 77.8 Å². The van der Waals surface area contributed by atoms with Crippen molar-refractivity contribution in [3.8, 4) is 11.8 Å². The minimum atomic E-state index is -1.08. The van der Waals surface area contributed by atoms with Crippen LogP contribution in [0.25, 0.3) is 0 Å². The number of hydrogen-bond acceptors (Lipinski definition) is 3. The maximum Gasteiger partial charge on any atom is 0.333 e. The monoisotopic (exact) mass is 429 g/mol. The summed E-state index contributed by atoms with van der Waals surface area (Å²) >= 11 is 6.30. The molecule has 1 saturated carbocycles. The molecule has 0 atom stereocenters. The molecule has 30 heavy (non-hydrogen) atoms. The van der Waals surface area contributed by atoms with Gasteiger partial charge in [0.1, 0.15) is 0 Å². The number of halogens is 1. The standard InChI is InChI=1S/C24H28ClNO4/c1-4-8-16(3)15-22(19(5-2)24(29)30)26(17-11-13-18(27)14-12-17)23(28)20-9-6-7-10-21(20)25/h6-7,9-10,15,17-18,27H,5,11-14H2,1-3H3,(H,29,30). The smallest absolute Gasteiger partial charge is 0.333 e. The van der Waals surface area contributed by atoms with Gasteiger partial charge in [0.2, 0.25) is 0 Å². The van der Waals surface area contributed by atoms with Gasteiger partial charge >= 0.3 is 5.97 Å². The number of aliphatic carboxylic acids is 1. The molecule has 6 heteroatoms. The van der Waals surface area contributed by atoms with E-state index in [1.165, 1.54) is 0 Å². The van der Waals surface area contributed by atoms with Crippen molar-refractivity contribution in [2.75, 3.05) is 0 Å². The van der Waals surface area contributed by atoms with E-state index in [0.29, 0.717) is 47.5 Å². The highest BCUT2D eigenvalue weighted by molar-refractivity contribution is 6.33. The van der Waals surface area contributed by atoms with E-state index >= 15 is 0 Å². The fourth-order valence-corrected chi connectivity index (χ4v) is 3.95. The number of aliphatic hydroxyl groups is 1. The van der Waals surface area contributed by atoms with Crippen LogP contribution in [-0.2, 0) is 4.79 Å². The van der Waals surface area contributed by atoms with E-state index < -0.39 is 12.1 Å². The molecule has 5 nitrogen and oxygen atoms in total. The summed E-state index contributed by atoms with van der Waals surface area (Å²) in [6.07, 6.45) is 3.76. The van der Waals surface area contributed by atoms with Crippen molar-refractivity contribution in [3.63, 3.8) is 0 Å². The lowest BCUT2D eigenvalue weighted by Gasteiger charge is -2.37. The lowest BCUT2D eigenvalue weighted by molar-refractivity contribution is -0.132. The molecule has 0 radical (unpaired) electrons. The summed E-state index contributed by atoms with van der Waals surface area (Å²) in [6.45, 7) is 5.24. The van der Waals surface area contributed by atoms with Gasteiger partial charge in [-0.05, 0) is 64.2 Å². The third-order valence-electron chi connectivity index (χ3n) is 5.21. The molecule has 0 bridgehead atoms. The molecule has 0 aliphatic heterocycles. The predicted molar refractivity (Wildman–Crippen MR) is 118 cm³/mol. The quantitative estimate of drug-likeness (QED) is 0.386. The SMILES string of the molecule is CC#CC(C)=CC(=C(CC)C(=O)O)N(C(=O)c1ccccc1Cl)C1CCC(O)CC1. The molecule has 0 saturated heterocycles. The average molecular weight is 430 g/mol. The minimum absolute atomic E-state index is 0.138. The number of benzene rings is 1. The molecule has 1 aliphatic carbocycles. The first-order chi connectivity index (χ1) is 14.3. The van der Waals surface area contributed by atoms with Crippen LogP contribution in [0.1, 0.15) is 63.2 Å². The number of carbonyl (C=O) groups excluding carboxylic acids is 1. The van der Waals surface area contributed by atoms with Crippen LogP contribution in [0.4, 0.5) is 0 Å². The lowest BCUT2D eigenvalue weighted by Crippen LogP contribution is -2.43. The highest BCUT2D eigenvalue weighted by Gasteiger charge is 2.33. The molecule has 1 aliphatic rings. The van der Waals surface area contributed by atoms with Crippen LogP contribution in [0.15, 0.2) is 47.2 Å². The van der Waals surface area contributed by atoms with Crippen LogP contribution < -0.4 is 0 Å². The Morgan fingerprint density at radius 2 is 1.87 bits per heavy atom. The number of carboxylic acids is 1. The van der Waals surface area contributed by atoms with Gasteiger partial charge in [0.25, 0.3) is 5.91 Å².